The van der Waals surface area contributed by atoms with E-state index in [4.69, 9.17) is 0 Å². The van der Waals surface area contributed by atoms with Crippen molar-refractivity contribution in [2.75, 3.05) is 13.1 Å². The number of amides is 1. The Kier molecular flexibility index (Phi) is 2.62. The van der Waals surface area contributed by atoms with E-state index in [0.29, 0.717) is 24.4 Å². The predicted octanol–water partition coefficient (Wildman–Crippen LogP) is 1.44. The van der Waals surface area contributed by atoms with Crippen LogP contribution in [0.25, 0.3) is 0 Å². The van der Waals surface area contributed by atoms with Gasteiger partial charge in [-0.05, 0) is 48.8 Å². The van der Waals surface area contributed by atoms with E-state index in [9.17, 15) is 4.79 Å². The highest BCUT2D eigenvalue weighted by molar-refractivity contribution is 5.79. The Balaban J connectivity index is 1.28. The molecular formula is C16H20N2O. The maximum Gasteiger partial charge on any atom is 0.234 e. The van der Waals surface area contributed by atoms with Crippen LogP contribution in [0.1, 0.15) is 29.9 Å². The summed E-state index contributed by atoms with van der Waals surface area (Å²) in [7, 11) is 0. The van der Waals surface area contributed by atoms with Gasteiger partial charge in [-0.3, -0.25) is 4.79 Å². The van der Waals surface area contributed by atoms with Crippen LogP contribution in [0, 0.1) is 11.8 Å². The van der Waals surface area contributed by atoms with Crippen molar-refractivity contribution in [3.63, 3.8) is 0 Å². The van der Waals surface area contributed by atoms with Crippen molar-refractivity contribution in [3.8, 4) is 0 Å². The van der Waals surface area contributed by atoms with E-state index in [0.717, 1.165) is 18.9 Å². The lowest BCUT2D eigenvalue weighted by Crippen LogP contribution is -2.37. The quantitative estimate of drug-likeness (QED) is 0.837. The minimum atomic E-state index is 0.164. The third-order valence-corrected chi connectivity index (χ3v) is 4.78. The Labute approximate surface area is 113 Å². The number of fused-ring (bicyclic) bond motifs is 3. The zero-order valence-electron chi connectivity index (χ0n) is 11.1. The second kappa shape index (κ2) is 4.34. The van der Waals surface area contributed by atoms with E-state index >= 15 is 0 Å². The molecule has 0 saturated heterocycles. The SMILES string of the molecule is O=C(CNCC1CC1)NC1C2Cc3ccccc3C21. The molecule has 3 aliphatic carbocycles. The molecule has 0 aromatic heterocycles. The van der Waals surface area contributed by atoms with Crippen molar-refractivity contribution in [1.82, 2.24) is 10.6 Å². The average molecular weight is 256 g/mol. The number of hydrogen-bond donors (Lipinski definition) is 2. The Morgan fingerprint density at radius 3 is 2.95 bits per heavy atom. The lowest BCUT2D eigenvalue weighted by molar-refractivity contribution is -0.120. The van der Waals surface area contributed by atoms with Crippen molar-refractivity contribution in [2.24, 2.45) is 11.8 Å². The smallest absolute Gasteiger partial charge is 0.234 e. The zero-order chi connectivity index (χ0) is 12.8. The lowest BCUT2D eigenvalue weighted by atomic mass is 10.1. The second-order valence-electron chi connectivity index (χ2n) is 6.26. The standard InChI is InChI=1S/C16H20N2O/c19-14(9-17-8-10-5-6-10)18-16-13-7-11-3-1-2-4-12(11)15(13)16/h1-4,10,13,15-17H,5-9H2,(H,18,19). The van der Waals surface area contributed by atoms with Crippen LogP contribution < -0.4 is 10.6 Å². The fraction of sp³-hybridized carbons (Fsp3) is 0.562. The van der Waals surface area contributed by atoms with Crippen LogP contribution in [0.3, 0.4) is 0 Å². The van der Waals surface area contributed by atoms with Crippen molar-refractivity contribution in [2.45, 2.75) is 31.2 Å². The molecule has 3 atom stereocenters. The highest BCUT2D eigenvalue weighted by Gasteiger charge is 2.56. The molecule has 2 saturated carbocycles. The van der Waals surface area contributed by atoms with Crippen LogP contribution in [0.15, 0.2) is 24.3 Å². The summed E-state index contributed by atoms with van der Waals surface area (Å²) in [6.07, 6.45) is 3.80. The summed E-state index contributed by atoms with van der Waals surface area (Å²) in [5, 5.41) is 6.44. The van der Waals surface area contributed by atoms with Crippen molar-refractivity contribution in [3.05, 3.63) is 35.4 Å². The summed E-state index contributed by atoms with van der Waals surface area (Å²) in [6, 6.07) is 9.05. The van der Waals surface area contributed by atoms with E-state index in [2.05, 4.69) is 34.9 Å². The summed E-state index contributed by atoms with van der Waals surface area (Å²) in [5.74, 6) is 2.24. The van der Waals surface area contributed by atoms with Gasteiger partial charge in [0.1, 0.15) is 0 Å². The van der Waals surface area contributed by atoms with Gasteiger partial charge in [0.25, 0.3) is 0 Å². The monoisotopic (exact) mass is 256 g/mol. The summed E-state index contributed by atoms with van der Waals surface area (Å²) in [5.41, 5.74) is 2.94. The summed E-state index contributed by atoms with van der Waals surface area (Å²) < 4.78 is 0. The topological polar surface area (TPSA) is 41.1 Å². The van der Waals surface area contributed by atoms with Gasteiger partial charge >= 0.3 is 0 Å². The van der Waals surface area contributed by atoms with Crippen LogP contribution >= 0.6 is 0 Å². The molecule has 19 heavy (non-hydrogen) atoms. The molecule has 1 amide bonds. The van der Waals surface area contributed by atoms with Gasteiger partial charge in [-0.25, -0.2) is 0 Å². The van der Waals surface area contributed by atoms with Gasteiger partial charge in [0.2, 0.25) is 5.91 Å². The zero-order valence-corrected chi connectivity index (χ0v) is 11.1. The molecule has 3 heteroatoms. The van der Waals surface area contributed by atoms with E-state index in [1.54, 1.807) is 0 Å². The maximum atomic E-state index is 11.9. The molecule has 0 heterocycles. The molecule has 1 aromatic rings. The Hall–Kier alpha value is -1.35. The Morgan fingerprint density at radius 1 is 1.26 bits per heavy atom. The van der Waals surface area contributed by atoms with Crippen LogP contribution in [0.2, 0.25) is 0 Å². The van der Waals surface area contributed by atoms with Crippen LogP contribution in [-0.4, -0.2) is 25.0 Å². The molecule has 2 fully saturated rings. The van der Waals surface area contributed by atoms with Gasteiger partial charge in [0.05, 0.1) is 6.54 Å². The Morgan fingerprint density at radius 2 is 2.11 bits per heavy atom. The minimum Gasteiger partial charge on any atom is -0.351 e. The molecule has 100 valence electrons. The molecule has 0 bridgehead atoms. The molecular weight excluding hydrogens is 236 g/mol. The highest BCUT2D eigenvalue weighted by Crippen LogP contribution is 2.56. The second-order valence-corrected chi connectivity index (χ2v) is 6.26. The van der Waals surface area contributed by atoms with E-state index in [1.807, 2.05) is 0 Å². The fourth-order valence-corrected chi connectivity index (χ4v) is 3.50. The van der Waals surface area contributed by atoms with Crippen molar-refractivity contribution in [1.29, 1.82) is 0 Å². The van der Waals surface area contributed by atoms with Gasteiger partial charge in [-0.2, -0.15) is 0 Å². The molecule has 0 spiro atoms. The molecule has 0 radical (unpaired) electrons. The molecule has 3 nitrogen and oxygen atoms in total. The summed E-state index contributed by atoms with van der Waals surface area (Å²) in [4.78, 5) is 11.9. The number of carbonyl (C=O) groups excluding carboxylic acids is 1. The summed E-state index contributed by atoms with van der Waals surface area (Å²) in [6.45, 7) is 1.49. The van der Waals surface area contributed by atoms with E-state index in [1.165, 1.54) is 24.0 Å². The first-order valence-electron chi connectivity index (χ1n) is 7.41. The highest BCUT2D eigenvalue weighted by atomic mass is 16.2. The maximum absolute atomic E-state index is 11.9. The third kappa shape index (κ3) is 2.16. The number of nitrogens with one attached hydrogen (secondary N) is 2. The molecule has 2 N–H and O–H groups in total. The summed E-state index contributed by atoms with van der Waals surface area (Å²) >= 11 is 0. The molecule has 1 aromatic carbocycles. The molecule has 3 unspecified atom stereocenters. The molecule has 0 aliphatic heterocycles. The fourth-order valence-electron chi connectivity index (χ4n) is 3.50. The average Bonchev–Trinajstić information content (AvgIpc) is 3.30. The van der Waals surface area contributed by atoms with E-state index < -0.39 is 0 Å². The third-order valence-electron chi connectivity index (χ3n) is 4.78. The largest absolute Gasteiger partial charge is 0.351 e. The van der Waals surface area contributed by atoms with E-state index in [-0.39, 0.29) is 5.91 Å². The van der Waals surface area contributed by atoms with Crippen molar-refractivity contribution < 1.29 is 4.79 Å². The first-order valence-corrected chi connectivity index (χ1v) is 7.41. The van der Waals surface area contributed by atoms with Crippen LogP contribution in [0.5, 0.6) is 0 Å². The lowest BCUT2D eigenvalue weighted by Gasteiger charge is -2.10. The van der Waals surface area contributed by atoms with Gasteiger partial charge in [-0.1, -0.05) is 24.3 Å². The number of carbonyl (C=O) groups is 1. The number of rotatable bonds is 5. The van der Waals surface area contributed by atoms with Gasteiger partial charge in [-0.15, -0.1) is 0 Å². The van der Waals surface area contributed by atoms with Gasteiger partial charge in [0, 0.05) is 12.0 Å². The Bertz CT molecular complexity index is 509. The predicted molar refractivity (Wildman–Crippen MR) is 73.9 cm³/mol. The first kappa shape index (κ1) is 11.5. The van der Waals surface area contributed by atoms with Gasteiger partial charge in [0.15, 0.2) is 0 Å². The molecule has 4 rings (SSSR count). The normalized spacial score (nSPS) is 30.6. The van der Waals surface area contributed by atoms with Crippen LogP contribution in [-0.2, 0) is 11.2 Å². The van der Waals surface area contributed by atoms with Crippen molar-refractivity contribution >= 4 is 5.91 Å². The molecule has 3 aliphatic rings. The van der Waals surface area contributed by atoms with Gasteiger partial charge < -0.3 is 10.6 Å². The minimum absolute atomic E-state index is 0.164. The number of hydrogen-bond acceptors (Lipinski definition) is 2. The number of benzene rings is 1. The van der Waals surface area contributed by atoms with Crippen LogP contribution in [0.4, 0.5) is 0 Å². The first-order chi connectivity index (χ1) is 9.33.